The van der Waals surface area contributed by atoms with Gasteiger partial charge in [0.1, 0.15) is 0 Å². The molecule has 1 N–H and O–H groups in total. The van der Waals surface area contributed by atoms with E-state index < -0.39 is 5.97 Å². The molecule has 2 bridgehead atoms. The molecule has 1 saturated heterocycles. The van der Waals surface area contributed by atoms with Gasteiger partial charge in [0.05, 0.1) is 11.5 Å². The molecule has 1 aromatic carbocycles. The first-order chi connectivity index (χ1) is 13.9. The van der Waals surface area contributed by atoms with E-state index in [1.807, 2.05) is 33.7 Å². The van der Waals surface area contributed by atoms with E-state index in [1.165, 1.54) is 0 Å². The molecule has 29 heavy (non-hydrogen) atoms. The minimum Gasteiger partial charge on any atom is -0.481 e. The molecule has 3 heterocycles. The largest absolute Gasteiger partial charge is 0.481 e. The summed E-state index contributed by atoms with van der Waals surface area (Å²) in [7, 11) is 0. The maximum atomic E-state index is 13.1. The van der Waals surface area contributed by atoms with E-state index in [2.05, 4.69) is 0 Å². The van der Waals surface area contributed by atoms with E-state index in [0.29, 0.717) is 30.2 Å². The highest BCUT2D eigenvalue weighted by Crippen LogP contribution is 2.36. The van der Waals surface area contributed by atoms with Crippen LogP contribution in [0.15, 0.2) is 41.2 Å². The van der Waals surface area contributed by atoms with Crippen LogP contribution in [0, 0.1) is 5.92 Å². The maximum absolute atomic E-state index is 13.1. The fourth-order valence-electron chi connectivity index (χ4n) is 4.32. The van der Waals surface area contributed by atoms with Gasteiger partial charge in [-0.05, 0) is 42.2 Å². The van der Waals surface area contributed by atoms with Gasteiger partial charge in [0.15, 0.2) is 0 Å². The quantitative estimate of drug-likeness (QED) is 0.785. The number of fused-ring (bicyclic) bond motifs is 4. The normalized spacial score (nSPS) is 20.2. The summed E-state index contributed by atoms with van der Waals surface area (Å²) < 4.78 is 1.86. The highest BCUT2D eigenvalue weighted by atomic mass is 35.5. The zero-order valence-corrected chi connectivity index (χ0v) is 17.3. The molecule has 2 aliphatic rings. The molecule has 2 atom stereocenters. The highest BCUT2D eigenvalue weighted by molar-refractivity contribution is 8.00. The number of amides is 1. The van der Waals surface area contributed by atoms with E-state index in [-0.39, 0.29) is 34.8 Å². The van der Waals surface area contributed by atoms with Crippen molar-refractivity contribution in [1.29, 1.82) is 0 Å². The molecule has 152 valence electrons. The first-order valence-electron chi connectivity index (χ1n) is 9.49. The number of aromatic nitrogens is 1. The zero-order chi connectivity index (χ0) is 20.5. The van der Waals surface area contributed by atoms with Crippen molar-refractivity contribution in [3.63, 3.8) is 0 Å². The number of piperidine rings is 1. The molecule has 1 fully saturated rings. The fraction of sp³-hybridized carbons (Fsp3) is 0.381. The number of carbonyl (C=O) groups excluding carboxylic acids is 1. The van der Waals surface area contributed by atoms with Crippen molar-refractivity contribution in [2.75, 3.05) is 24.6 Å². The number of thioether (sulfide) groups is 1. The third-order valence-corrected chi connectivity index (χ3v) is 6.72. The molecular weight excluding hydrogens is 412 g/mol. The first kappa shape index (κ1) is 20.0. The van der Waals surface area contributed by atoms with Crippen LogP contribution >= 0.6 is 23.4 Å². The summed E-state index contributed by atoms with van der Waals surface area (Å²) in [5, 5.41) is 9.37. The number of nitrogens with zero attached hydrogens (tertiary/aromatic N) is 2. The summed E-state index contributed by atoms with van der Waals surface area (Å²) in [6.07, 6.45) is 0.964. The van der Waals surface area contributed by atoms with Crippen LogP contribution in [-0.2, 0) is 16.1 Å². The lowest BCUT2D eigenvalue weighted by Gasteiger charge is -2.43. The molecule has 2 aliphatic heterocycles. The summed E-state index contributed by atoms with van der Waals surface area (Å²) in [5.41, 5.74) is 2.47. The minimum atomic E-state index is -0.914. The Morgan fingerprint density at radius 3 is 2.55 bits per heavy atom. The van der Waals surface area contributed by atoms with E-state index in [4.69, 9.17) is 16.7 Å². The van der Waals surface area contributed by atoms with Crippen LogP contribution in [0.25, 0.3) is 11.1 Å². The topological polar surface area (TPSA) is 79.6 Å². The number of halogens is 1. The number of carboxylic acids is 1. The van der Waals surface area contributed by atoms with E-state index in [0.717, 1.165) is 29.4 Å². The molecule has 0 saturated carbocycles. The Morgan fingerprint density at radius 1 is 1.07 bits per heavy atom. The summed E-state index contributed by atoms with van der Waals surface area (Å²) in [6.45, 7) is 1.78. The number of benzene rings is 1. The fourth-order valence-corrected chi connectivity index (χ4v) is 5.08. The molecule has 4 rings (SSSR count). The summed E-state index contributed by atoms with van der Waals surface area (Å²) >= 11 is 7.08. The van der Waals surface area contributed by atoms with E-state index in [1.54, 1.807) is 12.1 Å². The van der Waals surface area contributed by atoms with Gasteiger partial charge in [-0.1, -0.05) is 23.7 Å². The average Bonchev–Trinajstić information content (AvgIpc) is 2.69. The Morgan fingerprint density at radius 2 is 1.83 bits per heavy atom. The van der Waals surface area contributed by atoms with Crippen LogP contribution in [0.2, 0.25) is 5.02 Å². The lowest BCUT2D eigenvalue weighted by molar-refractivity contribution is -0.133. The number of pyridine rings is 1. The standard InChI is InChI=1S/C21H21ClN2O4S/c22-16-3-1-14(2-4-16)17-5-6-18-15-7-13(9-24(18)21(17)28)8-23(10-15)19(25)11-29-12-20(26)27/h1-6,13,15H,7-12H2,(H,26,27)/t13-,15+/m0/s1. The molecule has 0 radical (unpaired) electrons. The smallest absolute Gasteiger partial charge is 0.313 e. The predicted molar refractivity (Wildman–Crippen MR) is 114 cm³/mol. The van der Waals surface area contributed by atoms with Crippen LogP contribution in [0.1, 0.15) is 18.0 Å². The lowest BCUT2D eigenvalue weighted by atomic mass is 9.82. The van der Waals surface area contributed by atoms with Gasteiger partial charge < -0.3 is 14.6 Å². The van der Waals surface area contributed by atoms with Crippen LogP contribution in [-0.4, -0.2) is 51.0 Å². The van der Waals surface area contributed by atoms with Crippen molar-refractivity contribution in [2.45, 2.75) is 18.9 Å². The molecule has 0 spiro atoms. The highest BCUT2D eigenvalue weighted by Gasteiger charge is 2.36. The molecule has 6 nitrogen and oxygen atoms in total. The number of rotatable bonds is 5. The number of hydrogen-bond acceptors (Lipinski definition) is 4. The molecule has 2 aromatic rings. The third kappa shape index (κ3) is 4.21. The van der Waals surface area contributed by atoms with Crippen LogP contribution in [0.5, 0.6) is 0 Å². The first-order valence-corrected chi connectivity index (χ1v) is 11.0. The SMILES string of the molecule is O=C(O)CSCC(=O)N1C[C@@H]2C[C@H](C1)c1ccc(-c3ccc(Cl)cc3)c(=O)n1C2. The number of aliphatic carboxylic acids is 1. The Bertz CT molecular complexity index is 1000. The molecular formula is C21H21ClN2O4S. The Labute approximate surface area is 177 Å². The second kappa shape index (κ2) is 8.24. The summed E-state index contributed by atoms with van der Waals surface area (Å²) in [5.74, 6) is -0.481. The monoisotopic (exact) mass is 432 g/mol. The molecule has 1 aromatic heterocycles. The number of likely N-dealkylation sites (tertiary alicyclic amines) is 1. The zero-order valence-electron chi connectivity index (χ0n) is 15.7. The van der Waals surface area contributed by atoms with Gasteiger partial charge in [-0.15, -0.1) is 11.8 Å². The Kier molecular flexibility index (Phi) is 5.69. The van der Waals surface area contributed by atoms with Gasteiger partial charge in [0.25, 0.3) is 5.56 Å². The number of carboxylic acid groups (broad SMARTS) is 1. The van der Waals surface area contributed by atoms with Gasteiger partial charge >= 0.3 is 5.97 Å². The van der Waals surface area contributed by atoms with Crippen LogP contribution in [0.4, 0.5) is 0 Å². The number of carbonyl (C=O) groups is 2. The van der Waals surface area contributed by atoms with Crippen molar-refractivity contribution >= 4 is 35.2 Å². The lowest BCUT2D eigenvalue weighted by Crippen LogP contribution is -2.49. The Balaban J connectivity index is 1.55. The van der Waals surface area contributed by atoms with Gasteiger partial charge in [0.2, 0.25) is 5.91 Å². The Hall–Kier alpha value is -2.25. The van der Waals surface area contributed by atoms with Gasteiger partial charge in [0, 0.05) is 41.8 Å². The van der Waals surface area contributed by atoms with Crippen molar-refractivity contribution in [3.05, 3.63) is 57.5 Å². The van der Waals surface area contributed by atoms with Crippen molar-refractivity contribution < 1.29 is 14.7 Å². The van der Waals surface area contributed by atoms with E-state index in [9.17, 15) is 14.4 Å². The predicted octanol–water partition coefficient (Wildman–Crippen LogP) is 2.93. The molecule has 0 unspecified atom stereocenters. The second-order valence-corrected chi connectivity index (χ2v) is 9.00. The average molecular weight is 433 g/mol. The van der Waals surface area contributed by atoms with Crippen LogP contribution in [0.3, 0.4) is 0 Å². The van der Waals surface area contributed by atoms with Crippen molar-refractivity contribution in [3.8, 4) is 11.1 Å². The van der Waals surface area contributed by atoms with Gasteiger partial charge in [-0.25, -0.2) is 0 Å². The number of hydrogen-bond donors (Lipinski definition) is 1. The maximum Gasteiger partial charge on any atom is 0.313 e. The van der Waals surface area contributed by atoms with Crippen LogP contribution < -0.4 is 5.56 Å². The summed E-state index contributed by atoms with van der Waals surface area (Å²) in [6, 6.07) is 11.1. The van der Waals surface area contributed by atoms with Gasteiger partial charge in [-0.3, -0.25) is 14.4 Å². The molecule has 1 amide bonds. The third-order valence-electron chi connectivity index (χ3n) is 5.56. The second-order valence-electron chi connectivity index (χ2n) is 7.58. The summed E-state index contributed by atoms with van der Waals surface area (Å²) in [4.78, 5) is 38.1. The molecule has 8 heteroatoms. The minimum absolute atomic E-state index is 0.00341. The molecule has 0 aliphatic carbocycles. The van der Waals surface area contributed by atoms with Gasteiger partial charge in [-0.2, -0.15) is 0 Å². The van der Waals surface area contributed by atoms with Crippen molar-refractivity contribution in [1.82, 2.24) is 9.47 Å². The van der Waals surface area contributed by atoms with E-state index >= 15 is 0 Å². The van der Waals surface area contributed by atoms with Crippen molar-refractivity contribution in [2.24, 2.45) is 5.92 Å².